The summed E-state index contributed by atoms with van der Waals surface area (Å²) in [6.45, 7) is 3.54. The van der Waals surface area contributed by atoms with Crippen LogP contribution in [0.2, 0.25) is 0 Å². The van der Waals surface area contributed by atoms with Crippen molar-refractivity contribution in [2.24, 2.45) is 5.41 Å². The number of amides is 1. The largest absolute Gasteiger partial charge is 0.481 e. The first-order valence-electron chi connectivity index (χ1n) is 7.20. The molecule has 19 heavy (non-hydrogen) atoms. The summed E-state index contributed by atoms with van der Waals surface area (Å²) >= 11 is 0. The first kappa shape index (κ1) is 14.3. The van der Waals surface area contributed by atoms with Crippen LogP contribution in [0.3, 0.4) is 0 Å². The number of likely N-dealkylation sites (tertiary alicyclic amines) is 1. The molecule has 0 aromatic rings. The Morgan fingerprint density at radius 2 is 2.21 bits per heavy atom. The summed E-state index contributed by atoms with van der Waals surface area (Å²) in [5.74, 6) is -0.734. The predicted octanol–water partition coefficient (Wildman–Crippen LogP) is 1.66. The molecule has 0 aromatic carbocycles. The number of carbonyl (C=O) groups excluding carboxylic acids is 1. The van der Waals surface area contributed by atoms with Gasteiger partial charge in [0.15, 0.2) is 0 Å². The van der Waals surface area contributed by atoms with Crippen molar-refractivity contribution in [2.75, 3.05) is 19.7 Å². The average Bonchev–Trinajstić information content (AvgIpc) is 2.86. The quantitative estimate of drug-likeness (QED) is 0.843. The Morgan fingerprint density at radius 3 is 2.74 bits per heavy atom. The Hall–Kier alpha value is -1.10. The molecule has 5 nitrogen and oxygen atoms in total. The van der Waals surface area contributed by atoms with Crippen molar-refractivity contribution in [3.8, 4) is 0 Å². The highest BCUT2D eigenvalue weighted by atomic mass is 16.5. The molecular formula is C14H23NO4. The van der Waals surface area contributed by atoms with E-state index in [2.05, 4.69) is 0 Å². The van der Waals surface area contributed by atoms with E-state index < -0.39 is 11.4 Å². The van der Waals surface area contributed by atoms with Crippen LogP contribution in [0.25, 0.3) is 0 Å². The summed E-state index contributed by atoms with van der Waals surface area (Å²) in [6.07, 6.45) is 4.71. The third-order valence-electron chi connectivity index (χ3n) is 4.51. The third-order valence-corrected chi connectivity index (χ3v) is 4.51. The number of carboxylic acid groups (broad SMARTS) is 1. The number of nitrogens with zero attached hydrogens (tertiary/aromatic N) is 1. The average molecular weight is 269 g/mol. The van der Waals surface area contributed by atoms with Crippen LogP contribution in [-0.2, 0) is 14.3 Å². The van der Waals surface area contributed by atoms with Crippen molar-refractivity contribution in [3.05, 3.63) is 0 Å². The number of carbonyl (C=O) groups is 2. The fourth-order valence-corrected chi connectivity index (χ4v) is 2.99. The summed E-state index contributed by atoms with van der Waals surface area (Å²) in [5.41, 5.74) is -0.733. The molecule has 0 saturated carbocycles. The Bertz CT molecular complexity index is 351. The minimum atomic E-state index is -0.779. The van der Waals surface area contributed by atoms with Crippen LogP contribution in [0.1, 0.15) is 45.4 Å². The van der Waals surface area contributed by atoms with E-state index >= 15 is 0 Å². The maximum Gasteiger partial charge on any atom is 0.311 e. The molecule has 2 saturated heterocycles. The zero-order valence-electron chi connectivity index (χ0n) is 11.6. The van der Waals surface area contributed by atoms with Crippen LogP contribution in [0.5, 0.6) is 0 Å². The topological polar surface area (TPSA) is 66.8 Å². The van der Waals surface area contributed by atoms with E-state index in [-0.39, 0.29) is 12.0 Å². The van der Waals surface area contributed by atoms with Gasteiger partial charge in [0, 0.05) is 19.7 Å². The van der Waals surface area contributed by atoms with E-state index in [1.807, 2.05) is 6.92 Å². The molecule has 0 aliphatic carbocycles. The van der Waals surface area contributed by atoms with Crippen LogP contribution in [0.4, 0.5) is 0 Å². The second-order valence-electron chi connectivity index (χ2n) is 5.70. The van der Waals surface area contributed by atoms with Crippen molar-refractivity contribution in [1.82, 2.24) is 4.90 Å². The van der Waals surface area contributed by atoms with Gasteiger partial charge in [-0.3, -0.25) is 9.59 Å². The van der Waals surface area contributed by atoms with Gasteiger partial charge in [-0.05, 0) is 32.1 Å². The van der Waals surface area contributed by atoms with Crippen LogP contribution in [-0.4, -0.2) is 47.7 Å². The van der Waals surface area contributed by atoms with E-state index in [9.17, 15) is 14.7 Å². The molecule has 1 amide bonds. The summed E-state index contributed by atoms with van der Waals surface area (Å²) in [7, 11) is 0. The zero-order valence-corrected chi connectivity index (χ0v) is 11.6. The van der Waals surface area contributed by atoms with Gasteiger partial charge in [-0.2, -0.15) is 0 Å². The van der Waals surface area contributed by atoms with Crippen molar-refractivity contribution in [3.63, 3.8) is 0 Å². The molecule has 2 unspecified atom stereocenters. The minimum Gasteiger partial charge on any atom is -0.481 e. The molecule has 2 rings (SSSR count). The fourth-order valence-electron chi connectivity index (χ4n) is 2.99. The van der Waals surface area contributed by atoms with Gasteiger partial charge >= 0.3 is 5.97 Å². The van der Waals surface area contributed by atoms with E-state index in [0.717, 1.165) is 25.9 Å². The smallest absolute Gasteiger partial charge is 0.311 e. The summed E-state index contributed by atoms with van der Waals surface area (Å²) in [5, 5.41) is 9.32. The Kier molecular flexibility index (Phi) is 4.45. The maximum atomic E-state index is 12.2. The second kappa shape index (κ2) is 5.90. The number of hydrogen-bond donors (Lipinski definition) is 1. The maximum absolute atomic E-state index is 12.2. The van der Waals surface area contributed by atoms with Gasteiger partial charge in [0.2, 0.25) is 5.91 Å². The monoisotopic (exact) mass is 269 g/mol. The van der Waals surface area contributed by atoms with Gasteiger partial charge in [0.25, 0.3) is 0 Å². The van der Waals surface area contributed by atoms with Gasteiger partial charge in [0.05, 0.1) is 17.9 Å². The van der Waals surface area contributed by atoms with E-state index in [1.165, 1.54) is 0 Å². The predicted molar refractivity (Wildman–Crippen MR) is 69.8 cm³/mol. The fraction of sp³-hybridized carbons (Fsp3) is 0.857. The van der Waals surface area contributed by atoms with Crippen LogP contribution in [0, 0.1) is 5.41 Å². The van der Waals surface area contributed by atoms with E-state index in [4.69, 9.17) is 4.74 Å². The number of hydrogen-bond acceptors (Lipinski definition) is 3. The molecule has 0 spiro atoms. The highest BCUT2D eigenvalue weighted by molar-refractivity contribution is 5.81. The zero-order chi connectivity index (χ0) is 13.9. The molecule has 2 aliphatic rings. The molecule has 2 aliphatic heterocycles. The van der Waals surface area contributed by atoms with Crippen molar-refractivity contribution in [2.45, 2.75) is 51.6 Å². The first-order valence-corrected chi connectivity index (χ1v) is 7.20. The van der Waals surface area contributed by atoms with Gasteiger partial charge in [-0.15, -0.1) is 0 Å². The number of rotatable bonds is 4. The van der Waals surface area contributed by atoms with Crippen LogP contribution < -0.4 is 0 Å². The molecular weight excluding hydrogens is 246 g/mol. The minimum absolute atomic E-state index is 0.0303. The molecule has 108 valence electrons. The summed E-state index contributed by atoms with van der Waals surface area (Å²) < 4.78 is 5.57. The lowest BCUT2D eigenvalue weighted by atomic mass is 9.84. The lowest BCUT2D eigenvalue weighted by Crippen LogP contribution is -2.38. The normalized spacial score (nSPS) is 31.4. The van der Waals surface area contributed by atoms with Crippen LogP contribution >= 0.6 is 0 Å². The number of ether oxygens (including phenoxy) is 1. The van der Waals surface area contributed by atoms with Crippen molar-refractivity contribution in [1.29, 1.82) is 0 Å². The highest BCUT2D eigenvalue weighted by Gasteiger charge is 2.44. The van der Waals surface area contributed by atoms with Crippen molar-refractivity contribution >= 4 is 11.9 Å². The lowest BCUT2D eigenvalue weighted by Gasteiger charge is -2.26. The van der Waals surface area contributed by atoms with Crippen LogP contribution in [0.15, 0.2) is 0 Å². The number of carboxylic acids is 1. The summed E-state index contributed by atoms with van der Waals surface area (Å²) in [6, 6.07) is 0. The highest BCUT2D eigenvalue weighted by Crippen LogP contribution is 2.34. The molecule has 2 atom stereocenters. The second-order valence-corrected chi connectivity index (χ2v) is 5.70. The molecule has 2 heterocycles. The standard InChI is InChI=1S/C14H23NO4/c1-2-14(13(17)18)6-7-15(10-14)12(16)9-11-5-3-4-8-19-11/h11H,2-10H2,1H3,(H,17,18). The Morgan fingerprint density at radius 1 is 1.42 bits per heavy atom. The Balaban J connectivity index is 1.89. The van der Waals surface area contributed by atoms with E-state index in [0.29, 0.717) is 32.4 Å². The molecule has 5 heteroatoms. The lowest BCUT2D eigenvalue weighted by molar-refractivity contribution is -0.148. The van der Waals surface area contributed by atoms with E-state index in [1.54, 1.807) is 4.90 Å². The molecule has 0 radical (unpaired) electrons. The SMILES string of the molecule is CCC1(C(=O)O)CCN(C(=O)CC2CCCCO2)C1. The molecule has 0 aromatic heterocycles. The molecule has 1 N–H and O–H groups in total. The number of aliphatic carboxylic acids is 1. The Labute approximate surface area is 113 Å². The molecule has 0 bridgehead atoms. The van der Waals surface area contributed by atoms with Crippen molar-refractivity contribution < 1.29 is 19.4 Å². The van der Waals surface area contributed by atoms with Gasteiger partial charge in [-0.1, -0.05) is 6.92 Å². The third kappa shape index (κ3) is 3.08. The summed E-state index contributed by atoms with van der Waals surface area (Å²) in [4.78, 5) is 25.2. The molecule has 2 fully saturated rings. The van der Waals surface area contributed by atoms with Gasteiger partial charge < -0.3 is 14.7 Å². The van der Waals surface area contributed by atoms with Gasteiger partial charge in [-0.25, -0.2) is 0 Å². The van der Waals surface area contributed by atoms with Gasteiger partial charge in [0.1, 0.15) is 0 Å². The first-order chi connectivity index (χ1) is 9.07.